The van der Waals surface area contributed by atoms with E-state index in [1.807, 2.05) is 6.07 Å². The van der Waals surface area contributed by atoms with Crippen LogP contribution in [0, 0.1) is 0 Å². The number of aromatic carboxylic acids is 1. The quantitative estimate of drug-likeness (QED) is 0.510. The lowest BCUT2D eigenvalue weighted by molar-refractivity contribution is 0.0693. The molecule has 0 aliphatic rings. The predicted molar refractivity (Wildman–Crippen MR) is 81.9 cm³/mol. The van der Waals surface area contributed by atoms with Crippen molar-refractivity contribution < 1.29 is 15.0 Å². The second kappa shape index (κ2) is 8.85. The lowest BCUT2D eigenvalue weighted by Crippen LogP contribution is -2.04. The molecule has 112 valence electrons. The molecule has 0 fully saturated rings. The molecule has 0 radical (unpaired) electrons. The van der Waals surface area contributed by atoms with E-state index >= 15 is 0 Å². The van der Waals surface area contributed by atoms with Gasteiger partial charge in [-0.05, 0) is 36.8 Å². The van der Waals surface area contributed by atoms with Crippen molar-refractivity contribution in [3.63, 3.8) is 0 Å². The van der Waals surface area contributed by atoms with Gasteiger partial charge in [-0.15, -0.1) is 11.6 Å². The lowest BCUT2D eigenvalue weighted by Gasteiger charge is -2.18. The molecule has 0 aliphatic heterocycles. The zero-order valence-electron chi connectivity index (χ0n) is 11.9. The summed E-state index contributed by atoms with van der Waals surface area (Å²) in [6.07, 6.45) is 6.05. The first-order valence-electron chi connectivity index (χ1n) is 7.22. The van der Waals surface area contributed by atoms with Crippen molar-refractivity contribution in [3.8, 4) is 5.75 Å². The van der Waals surface area contributed by atoms with E-state index in [0.717, 1.165) is 44.1 Å². The van der Waals surface area contributed by atoms with Crippen molar-refractivity contribution in [2.75, 3.05) is 5.88 Å². The van der Waals surface area contributed by atoms with Crippen molar-refractivity contribution in [3.05, 3.63) is 29.3 Å². The molecule has 1 atom stereocenters. The number of halogens is 1. The minimum absolute atomic E-state index is 0.00985. The fourth-order valence-corrected chi connectivity index (χ4v) is 2.72. The Morgan fingerprint density at radius 1 is 1.25 bits per heavy atom. The monoisotopic (exact) mass is 298 g/mol. The molecule has 2 N–H and O–H groups in total. The number of unbranched alkanes of at least 4 members (excludes halogenated alkanes) is 2. The lowest BCUT2D eigenvalue weighted by atomic mass is 9.87. The molecule has 0 saturated carbocycles. The molecular formula is C16H23ClO3. The smallest absolute Gasteiger partial charge is 0.339 e. The van der Waals surface area contributed by atoms with E-state index in [4.69, 9.17) is 16.7 Å². The molecule has 0 saturated heterocycles. The molecule has 3 nitrogen and oxygen atoms in total. The summed E-state index contributed by atoms with van der Waals surface area (Å²) in [5, 5.41) is 19.2. The maximum atomic E-state index is 11.1. The van der Waals surface area contributed by atoms with E-state index in [1.165, 1.54) is 6.07 Å². The Hall–Kier alpha value is -1.22. The fraction of sp³-hybridized carbons (Fsp3) is 0.562. The SMILES string of the molecule is CCCC(CCCCCCl)c1cccc(C(=O)O)c1O. The summed E-state index contributed by atoms with van der Waals surface area (Å²) in [5.74, 6) is -0.259. The normalized spacial score (nSPS) is 12.3. The summed E-state index contributed by atoms with van der Waals surface area (Å²) >= 11 is 5.67. The van der Waals surface area contributed by atoms with Gasteiger partial charge in [-0.2, -0.15) is 0 Å². The highest BCUT2D eigenvalue weighted by atomic mass is 35.5. The van der Waals surface area contributed by atoms with Gasteiger partial charge in [0.2, 0.25) is 0 Å². The first-order chi connectivity index (χ1) is 9.61. The highest BCUT2D eigenvalue weighted by Gasteiger charge is 2.19. The number of benzene rings is 1. The third-order valence-electron chi connectivity index (χ3n) is 3.56. The van der Waals surface area contributed by atoms with Crippen LogP contribution < -0.4 is 0 Å². The predicted octanol–water partition coefficient (Wildman–Crippen LogP) is 4.77. The van der Waals surface area contributed by atoms with Crippen molar-refractivity contribution in [1.82, 2.24) is 0 Å². The Morgan fingerprint density at radius 3 is 2.60 bits per heavy atom. The van der Waals surface area contributed by atoms with Crippen molar-refractivity contribution in [2.45, 2.75) is 51.4 Å². The van der Waals surface area contributed by atoms with Crippen LogP contribution in [0.3, 0.4) is 0 Å². The molecule has 1 rings (SSSR count). The van der Waals surface area contributed by atoms with Crippen LogP contribution in [-0.2, 0) is 0 Å². The van der Waals surface area contributed by atoms with E-state index in [-0.39, 0.29) is 17.2 Å². The number of carboxylic acid groups (broad SMARTS) is 1. The number of carbonyl (C=O) groups is 1. The van der Waals surface area contributed by atoms with Crippen LogP contribution in [0.4, 0.5) is 0 Å². The topological polar surface area (TPSA) is 57.5 Å². The van der Waals surface area contributed by atoms with Gasteiger partial charge in [0.1, 0.15) is 11.3 Å². The molecule has 0 heterocycles. The number of phenols is 1. The molecule has 0 aromatic heterocycles. The zero-order valence-corrected chi connectivity index (χ0v) is 12.7. The highest BCUT2D eigenvalue weighted by Crippen LogP contribution is 2.35. The second-order valence-corrected chi connectivity index (χ2v) is 5.45. The number of alkyl halides is 1. The number of hydrogen-bond donors (Lipinski definition) is 2. The molecule has 1 aromatic carbocycles. The maximum absolute atomic E-state index is 11.1. The van der Waals surface area contributed by atoms with Crippen molar-refractivity contribution in [1.29, 1.82) is 0 Å². The first-order valence-corrected chi connectivity index (χ1v) is 7.76. The van der Waals surface area contributed by atoms with Crippen LogP contribution in [-0.4, -0.2) is 22.1 Å². The van der Waals surface area contributed by atoms with E-state index in [9.17, 15) is 9.90 Å². The summed E-state index contributed by atoms with van der Waals surface area (Å²) < 4.78 is 0. The van der Waals surface area contributed by atoms with Gasteiger partial charge >= 0.3 is 5.97 Å². The van der Waals surface area contributed by atoms with Crippen molar-refractivity contribution >= 4 is 17.6 Å². The molecule has 0 amide bonds. The van der Waals surface area contributed by atoms with Gasteiger partial charge in [-0.1, -0.05) is 38.3 Å². The Bertz CT molecular complexity index is 432. The van der Waals surface area contributed by atoms with Gasteiger partial charge in [0.25, 0.3) is 0 Å². The minimum atomic E-state index is -1.08. The zero-order chi connectivity index (χ0) is 15.0. The molecule has 20 heavy (non-hydrogen) atoms. The van der Waals surface area contributed by atoms with Gasteiger partial charge in [-0.25, -0.2) is 4.79 Å². The third-order valence-corrected chi connectivity index (χ3v) is 3.83. The van der Waals surface area contributed by atoms with Crippen molar-refractivity contribution in [2.24, 2.45) is 0 Å². The molecular weight excluding hydrogens is 276 g/mol. The van der Waals surface area contributed by atoms with Crippen LogP contribution >= 0.6 is 11.6 Å². The number of rotatable bonds is 9. The summed E-state index contributed by atoms with van der Waals surface area (Å²) in [4.78, 5) is 11.1. The number of hydrogen-bond acceptors (Lipinski definition) is 2. The number of para-hydroxylation sites is 1. The average Bonchev–Trinajstić information content (AvgIpc) is 2.42. The van der Waals surface area contributed by atoms with Gasteiger partial charge in [0, 0.05) is 5.88 Å². The summed E-state index contributed by atoms with van der Waals surface area (Å²) in [5.41, 5.74) is 0.752. The maximum Gasteiger partial charge on any atom is 0.339 e. The Balaban J connectivity index is 2.85. The van der Waals surface area contributed by atoms with Crippen LogP contribution in [0.2, 0.25) is 0 Å². The average molecular weight is 299 g/mol. The van der Waals surface area contributed by atoms with E-state index in [2.05, 4.69) is 6.92 Å². The van der Waals surface area contributed by atoms with Gasteiger partial charge in [0.05, 0.1) is 0 Å². The van der Waals surface area contributed by atoms with Gasteiger partial charge in [0.15, 0.2) is 0 Å². The Morgan fingerprint density at radius 2 is 2.00 bits per heavy atom. The number of carboxylic acids is 1. The van der Waals surface area contributed by atoms with Gasteiger partial charge in [-0.3, -0.25) is 0 Å². The van der Waals surface area contributed by atoms with Crippen LogP contribution in [0.1, 0.15) is 67.3 Å². The molecule has 0 aliphatic carbocycles. The molecule has 0 spiro atoms. The van der Waals surface area contributed by atoms with Crippen LogP contribution in [0.15, 0.2) is 18.2 Å². The van der Waals surface area contributed by atoms with Crippen LogP contribution in [0.5, 0.6) is 5.75 Å². The van der Waals surface area contributed by atoms with E-state index in [0.29, 0.717) is 5.88 Å². The number of aromatic hydroxyl groups is 1. The minimum Gasteiger partial charge on any atom is -0.507 e. The van der Waals surface area contributed by atoms with Gasteiger partial charge < -0.3 is 10.2 Å². The van der Waals surface area contributed by atoms with E-state index < -0.39 is 5.97 Å². The summed E-state index contributed by atoms with van der Waals surface area (Å²) in [7, 11) is 0. The third kappa shape index (κ3) is 4.71. The summed E-state index contributed by atoms with van der Waals surface area (Å²) in [6.45, 7) is 2.10. The molecule has 4 heteroatoms. The Labute approximate surface area is 125 Å². The standard InChI is InChI=1S/C16H23ClO3/c1-2-7-12(8-4-3-5-11-17)13-9-6-10-14(15(13)18)16(19)20/h6,9-10,12,18H,2-5,7-8,11H2,1H3,(H,19,20). The molecule has 0 bridgehead atoms. The second-order valence-electron chi connectivity index (χ2n) is 5.07. The highest BCUT2D eigenvalue weighted by molar-refractivity contribution is 6.17. The largest absolute Gasteiger partial charge is 0.507 e. The Kier molecular flexibility index (Phi) is 7.45. The molecule has 1 unspecified atom stereocenters. The first kappa shape index (κ1) is 16.8. The molecule has 1 aromatic rings. The fourth-order valence-electron chi connectivity index (χ4n) is 2.53. The van der Waals surface area contributed by atoms with Crippen LogP contribution in [0.25, 0.3) is 0 Å². The van der Waals surface area contributed by atoms with E-state index in [1.54, 1.807) is 6.07 Å². The summed E-state index contributed by atoms with van der Waals surface area (Å²) in [6, 6.07) is 4.99.